The van der Waals surface area contributed by atoms with Gasteiger partial charge in [0.2, 0.25) is 11.8 Å². The zero-order chi connectivity index (χ0) is 26.4. The van der Waals surface area contributed by atoms with Gasteiger partial charge in [0.05, 0.1) is 21.3 Å². The van der Waals surface area contributed by atoms with Gasteiger partial charge in [0.1, 0.15) is 24.4 Å². The molecule has 0 unspecified atom stereocenters. The van der Waals surface area contributed by atoms with E-state index < -0.39 is 12.1 Å². The van der Waals surface area contributed by atoms with Crippen molar-refractivity contribution in [2.24, 2.45) is 0 Å². The fourth-order valence-electron chi connectivity index (χ4n) is 5.87. The number of piperazine rings is 1. The van der Waals surface area contributed by atoms with Crippen molar-refractivity contribution < 1.29 is 23.8 Å². The van der Waals surface area contributed by atoms with Gasteiger partial charge in [-0.25, -0.2) is 0 Å². The standard InChI is InChI=1S/C30H29N3O5/c1-36-24-11-7-5-9-20(24)29-28-21(19-8-4-6-10-22(19)31-28)15-23-30(35)32(17-27(34)33(23)29)16-18-12-13-25(37-2)26(14-18)38-3/h4-14,23,29,31H,15-17H2,1-3H3/t23-,29+/m0/s1. The van der Waals surface area contributed by atoms with E-state index in [1.165, 1.54) is 0 Å². The molecule has 2 amide bonds. The van der Waals surface area contributed by atoms with Crippen LogP contribution in [0.3, 0.4) is 0 Å². The first-order valence-corrected chi connectivity index (χ1v) is 12.6. The number of nitrogens with one attached hydrogen (secondary N) is 1. The minimum atomic E-state index is -0.627. The molecular weight excluding hydrogens is 482 g/mol. The van der Waals surface area contributed by atoms with Gasteiger partial charge in [-0.3, -0.25) is 9.59 Å². The third kappa shape index (κ3) is 3.75. The van der Waals surface area contributed by atoms with Gasteiger partial charge in [-0.15, -0.1) is 0 Å². The highest BCUT2D eigenvalue weighted by Crippen LogP contribution is 2.45. The second-order valence-electron chi connectivity index (χ2n) is 9.61. The molecule has 0 spiro atoms. The molecule has 1 saturated heterocycles. The van der Waals surface area contributed by atoms with Crippen molar-refractivity contribution in [3.05, 3.63) is 89.1 Å². The molecule has 38 heavy (non-hydrogen) atoms. The van der Waals surface area contributed by atoms with Crippen LogP contribution in [0, 0.1) is 0 Å². The minimum Gasteiger partial charge on any atom is -0.496 e. The molecule has 1 fully saturated rings. The van der Waals surface area contributed by atoms with Crippen molar-refractivity contribution in [2.75, 3.05) is 27.9 Å². The second kappa shape index (κ2) is 9.45. The van der Waals surface area contributed by atoms with Crippen molar-refractivity contribution in [3.8, 4) is 17.2 Å². The number of aromatic amines is 1. The quantitative estimate of drug-likeness (QED) is 0.422. The van der Waals surface area contributed by atoms with Crippen LogP contribution in [-0.4, -0.2) is 60.5 Å². The SMILES string of the molecule is COc1ccc(CN2CC(=O)N3[C@H](c4ccccc4OC)c4[nH]c5ccccc5c4C[C@H]3C2=O)cc1OC. The van der Waals surface area contributed by atoms with Crippen LogP contribution in [0.4, 0.5) is 0 Å². The molecule has 6 rings (SSSR count). The third-order valence-corrected chi connectivity index (χ3v) is 7.60. The number of carbonyl (C=O) groups excluding carboxylic acids is 2. The number of hydrogen-bond acceptors (Lipinski definition) is 5. The molecule has 0 aliphatic carbocycles. The summed E-state index contributed by atoms with van der Waals surface area (Å²) < 4.78 is 16.5. The van der Waals surface area contributed by atoms with Crippen molar-refractivity contribution in [3.63, 3.8) is 0 Å². The lowest BCUT2D eigenvalue weighted by Gasteiger charge is -2.47. The Balaban J connectivity index is 1.42. The van der Waals surface area contributed by atoms with Gasteiger partial charge in [0, 0.05) is 35.1 Å². The minimum absolute atomic E-state index is 0.00904. The highest BCUT2D eigenvalue weighted by Gasteiger charge is 2.48. The van der Waals surface area contributed by atoms with E-state index in [1.54, 1.807) is 31.1 Å². The maximum absolute atomic E-state index is 14.0. The third-order valence-electron chi connectivity index (χ3n) is 7.60. The molecule has 3 aromatic carbocycles. The van der Waals surface area contributed by atoms with Crippen molar-refractivity contribution in [2.45, 2.75) is 25.0 Å². The van der Waals surface area contributed by atoms with E-state index in [1.807, 2.05) is 60.7 Å². The summed E-state index contributed by atoms with van der Waals surface area (Å²) in [5, 5.41) is 1.07. The number of H-pyrrole nitrogens is 1. The summed E-state index contributed by atoms with van der Waals surface area (Å²) in [6.07, 6.45) is 0.442. The lowest BCUT2D eigenvalue weighted by Crippen LogP contribution is -2.62. The van der Waals surface area contributed by atoms with E-state index in [-0.39, 0.29) is 18.4 Å². The number of benzene rings is 3. The van der Waals surface area contributed by atoms with Crippen LogP contribution in [0.25, 0.3) is 10.9 Å². The molecule has 0 saturated carbocycles. The highest BCUT2D eigenvalue weighted by molar-refractivity contribution is 5.97. The fraction of sp³-hybridized carbons (Fsp3) is 0.267. The van der Waals surface area contributed by atoms with Crippen LogP contribution < -0.4 is 14.2 Å². The number of fused-ring (bicyclic) bond motifs is 4. The highest BCUT2D eigenvalue weighted by atomic mass is 16.5. The number of rotatable bonds is 6. The molecule has 8 nitrogen and oxygen atoms in total. The number of amides is 2. The molecule has 2 aliphatic heterocycles. The summed E-state index contributed by atoms with van der Waals surface area (Å²) in [6, 6.07) is 20.2. The molecule has 1 aromatic heterocycles. The number of para-hydroxylation sites is 2. The van der Waals surface area contributed by atoms with Crippen molar-refractivity contribution in [1.29, 1.82) is 0 Å². The predicted octanol–water partition coefficient (Wildman–Crippen LogP) is 4.08. The smallest absolute Gasteiger partial charge is 0.246 e. The maximum Gasteiger partial charge on any atom is 0.246 e. The molecule has 0 radical (unpaired) electrons. The molecule has 1 N–H and O–H groups in total. The van der Waals surface area contributed by atoms with E-state index in [0.717, 1.165) is 33.3 Å². The molecule has 8 heteroatoms. The zero-order valence-corrected chi connectivity index (χ0v) is 21.6. The fourth-order valence-corrected chi connectivity index (χ4v) is 5.87. The summed E-state index contributed by atoms with van der Waals surface area (Å²) >= 11 is 0. The first-order valence-electron chi connectivity index (χ1n) is 12.6. The van der Waals surface area contributed by atoms with Gasteiger partial charge in [-0.05, 0) is 35.4 Å². The Morgan fingerprint density at radius 2 is 1.61 bits per heavy atom. The lowest BCUT2D eigenvalue weighted by molar-refractivity contribution is -0.159. The molecule has 0 bridgehead atoms. The van der Waals surface area contributed by atoms with E-state index >= 15 is 0 Å². The van der Waals surface area contributed by atoms with E-state index in [0.29, 0.717) is 30.2 Å². The van der Waals surface area contributed by atoms with E-state index in [4.69, 9.17) is 14.2 Å². The Bertz CT molecular complexity index is 1540. The van der Waals surface area contributed by atoms with Gasteiger partial charge in [0.25, 0.3) is 0 Å². The van der Waals surface area contributed by atoms with Crippen LogP contribution in [-0.2, 0) is 22.6 Å². The van der Waals surface area contributed by atoms with Crippen LogP contribution in [0.5, 0.6) is 17.2 Å². The number of ether oxygens (including phenoxy) is 3. The average molecular weight is 512 g/mol. The Morgan fingerprint density at radius 3 is 2.39 bits per heavy atom. The lowest BCUT2D eigenvalue weighted by atomic mass is 9.85. The van der Waals surface area contributed by atoms with Crippen LogP contribution in [0.2, 0.25) is 0 Å². The second-order valence-corrected chi connectivity index (χ2v) is 9.61. The Hall–Kier alpha value is -4.46. The summed E-state index contributed by atoms with van der Waals surface area (Å²) in [5.41, 5.74) is 4.69. The van der Waals surface area contributed by atoms with Gasteiger partial charge in [-0.2, -0.15) is 0 Å². The Morgan fingerprint density at radius 1 is 0.868 bits per heavy atom. The molecule has 2 atom stereocenters. The van der Waals surface area contributed by atoms with Gasteiger partial charge < -0.3 is 29.0 Å². The summed E-state index contributed by atoms with van der Waals surface area (Å²) in [7, 11) is 4.78. The number of methoxy groups -OCH3 is 3. The molecule has 194 valence electrons. The summed E-state index contributed by atoms with van der Waals surface area (Å²) in [6.45, 7) is 0.292. The van der Waals surface area contributed by atoms with Crippen LogP contribution in [0.1, 0.15) is 28.4 Å². The van der Waals surface area contributed by atoms with Gasteiger partial charge >= 0.3 is 0 Å². The normalized spacial score (nSPS) is 18.8. The van der Waals surface area contributed by atoms with E-state index in [9.17, 15) is 9.59 Å². The van der Waals surface area contributed by atoms with E-state index in [2.05, 4.69) is 11.1 Å². The zero-order valence-electron chi connectivity index (χ0n) is 21.6. The average Bonchev–Trinajstić information content (AvgIpc) is 3.33. The maximum atomic E-state index is 14.0. The number of aromatic nitrogens is 1. The van der Waals surface area contributed by atoms with Gasteiger partial charge in [0.15, 0.2) is 11.5 Å². The molecular formula is C30H29N3O5. The topological polar surface area (TPSA) is 84.1 Å². The Labute approximate surface area is 220 Å². The molecule has 2 aliphatic rings. The number of hydrogen-bond donors (Lipinski definition) is 1. The summed E-state index contributed by atoms with van der Waals surface area (Å²) in [4.78, 5) is 34.8. The predicted molar refractivity (Wildman–Crippen MR) is 142 cm³/mol. The van der Waals surface area contributed by atoms with Crippen LogP contribution in [0.15, 0.2) is 66.7 Å². The Kier molecular flexibility index (Phi) is 5.94. The monoisotopic (exact) mass is 511 g/mol. The molecule has 4 aromatic rings. The van der Waals surface area contributed by atoms with Crippen molar-refractivity contribution >= 4 is 22.7 Å². The van der Waals surface area contributed by atoms with Gasteiger partial charge in [-0.1, -0.05) is 42.5 Å². The molecule has 3 heterocycles. The summed E-state index contributed by atoms with van der Waals surface area (Å²) in [5.74, 6) is 1.70. The van der Waals surface area contributed by atoms with Crippen LogP contribution >= 0.6 is 0 Å². The first-order chi connectivity index (χ1) is 18.5. The first kappa shape index (κ1) is 23.9. The number of nitrogens with zero attached hydrogens (tertiary/aromatic N) is 2. The van der Waals surface area contributed by atoms with Crippen molar-refractivity contribution in [1.82, 2.24) is 14.8 Å². The number of carbonyl (C=O) groups is 2. The largest absolute Gasteiger partial charge is 0.496 e.